The van der Waals surface area contributed by atoms with Gasteiger partial charge in [0.05, 0.1) is 6.04 Å². The second-order valence-corrected chi connectivity index (χ2v) is 5.62. The molecule has 2 heterocycles. The van der Waals surface area contributed by atoms with Crippen molar-refractivity contribution < 1.29 is 0 Å². The fourth-order valence-electron chi connectivity index (χ4n) is 2.67. The summed E-state index contributed by atoms with van der Waals surface area (Å²) in [5.74, 6) is 0.835. The van der Waals surface area contributed by atoms with E-state index in [0.29, 0.717) is 6.04 Å². The Bertz CT molecular complexity index is 305. The van der Waals surface area contributed by atoms with Gasteiger partial charge in [-0.1, -0.05) is 13.8 Å². The molecule has 17 heavy (non-hydrogen) atoms. The van der Waals surface area contributed by atoms with E-state index in [0.717, 1.165) is 5.92 Å². The number of hydrogen-bond donors (Lipinski definition) is 0. The van der Waals surface area contributed by atoms with Crippen molar-refractivity contribution in [3.05, 3.63) is 18.5 Å². The Labute approximate surface area is 105 Å². The minimum absolute atomic E-state index is 0.595. The van der Waals surface area contributed by atoms with Crippen molar-refractivity contribution in [2.24, 2.45) is 5.92 Å². The van der Waals surface area contributed by atoms with Crippen molar-refractivity contribution >= 4 is 0 Å². The average molecular weight is 235 g/mol. The summed E-state index contributed by atoms with van der Waals surface area (Å²) in [7, 11) is 0. The molecule has 0 spiro atoms. The normalized spacial score (nSPS) is 22.2. The van der Waals surface area contributed by atoms with Crippen molar-refractivity contribution in [1.82, 2.24) is 14.7 Å². The van der Waals surface area contributed by atoms with Crippen molar-refractivity contribution in [2.45, 2.75) is 45.6 Å². The molecule has 96 valence electrons. The van der Waals surface area contributed by atoms with Crippen molar-refractivity contribution in [1.29, 1.82) is 0 Å². The smallest absolute Gasteiger partial charge is 0.0646 e. The Balaban J connectivity index is 1.77. The summed E-state index contributed by atoms with van der Waals surface area (Å²) in [5, 5.41) is 4.37. The highest BCUT2D eigenvalue weighted by molar-refractivity contribution is 4.84. The zero-order valence-electron chi connectivity index (χ0n) is 11.2. The monoisotopic (exact) mass is 235 g/mol. The van der Waals surface area contributed by atoms with E-state index in [4.69, 9.17) is 0 Å². The lowest BCUT2D eigenvalue weighted by atomic mass is 10.0. The Morgan fingerprint density at radius 2 is 2.29 bits per heavy atom. The second-order valence-electron chi connectivity index (χ2n) is 5.62. The third kappa shape index (κ3) is 3.84. The van der Waals surface area contributed by atoms with Crippen LogP contribution in [-0.4, -0.2) is 34.3 Å². The SMILES string of the molecule is CC(C)CCCN1CCCC(n2cccn2)C1. The largest absolute Gasteiger partial charge is 0.301 e. The van der Waals surface area contributed by atoms with Gasteiger partial charge >= 0.3 is 0 Å². The van der Waals surface area contributed by atoms with Crippen molar-refractivity contribution in [2.75, 3.05) is 19.6 Å². The third-order valence-electron chi connectivity index (χ3n) is 3.64. The molecule has 1 aromatic rings. The fraction of sp³-hybridized carbons (Fsp3) is 0.786. The van der Waals surface area contributed by atoms with Crippen molar-refractivity contribution in [3.8, 4) is 0 Å². The number of hydrogen-bond acceptors (Lipinski definition) is 2. The quantitative estimate of drug-likeness (QED) is 0.782. The van der Waals surface area contributed by atoms with Crippen LogP contribution in [0.15, 0.2) is 18.5 Å². The van der Waals surface area contributed by atoms with E-state index in [9.17, 15) is 0 Å². The molecule has 1 atom stereocenters. The molecular formula is C14H25N3. The van der Waals surface area contributed by atoms with Crippen LogP contribution in [0.5, 0.6) is 0 Å². The summed E-state index contributed by atoms with van der Waals surface area (Å²) in [6.45, 7) is 8.33. The summed E-state index contributed by atoms with van der Waals surface area (Å²) in [6, 6.07) is 2.62. The van der Waals surface area contributed by atoms with Crippen LogP contribution in [0.25, 0.3) is 0 Å². The fourth-order valence-corrected chi connectivity index (χ4v) is 2.67. The first-order valence-corrected chi connectivity index (χ1v) is 6.97. The standard InChI is InChI=1S/C14H25N3/c1-13(2)6-3-9-16-10-4-7-14(12-16)17-11-5-8-15-17/h5,8,11,13-14H,3-4,6-7,9-10,12H2,1-2H3. The van der Waals surface area contributed by atoms with E-state index in [1.165, 1.54) is 45.3 Å². The molecule has 1 fully saturated rings. The highest BCUT2D eigenvalue weighted by atomic mass is 15.3. The van der Waals surface area contributed by atoms with Crippen LogP contribution in [0.1, 0.15) is 45.6 Å². The van der Waals surface area contributed by atoms with Crippen LogP contribution in [0, 0.1) is 5.92 Å². The van der Waals surface area contributed by atoms with Crippen LogP contribution in [0.3, 0.4) is 0 Å². The van der Waals surface area contributed by atoms with E-state index in [-0.39, 0.29) is 0 Å². The van der Waals surface area contributed by atoms with Gasteiger partial charge in [-0.3, -0.25) is 4.68 Å². The molecule has 3 heteroatoms. The zero-order valence-corrected chi connectivity index (χ0v) is 11.2. The van der Waals surface area contributed by atoms with E-state index < -0.39 is 0 Å². The predicted octanol–water partition coefficient (Wildman–Crippen LogP) is 2.96. The molecule has 0 radical (unpaired) electrons. The van der Waals surface area contributed by atoms with Crippen LogP contribution >= 0.6 is 0 Å². The molecular weight excluding hydrogens is 210 g/mol. The third-order valence-corrected chi connectivity index (χ3v) is 3.64. The van der Waals surface area contributed by atoms with Gasteiger partial charge in [0.25, 0.3) is 0 Å². The molecule has 1 aromatic heterocycles. The minimum atomic E-state index is 0.595. The molecule has 0 amide bonds. The van der Waals surface area contributed by atoms with Gasteiger partial charge in [0.15, 0.2) is 0 Å². The molecule has 1 saturated heterocycles. The Morgan fingerprint density at radius 1 is 1.41 bits per heavy atom. The van der Waals surface area contributed by atoms with E-state index in [1.807, 2.05) is 12.3 Å². The maximum atomic E-state index is 4.37. The molecule has 0 saturated carbocycles. The molecule has 1 aliphatic rings. The Morgan fingerprint density at radius 3 is 3.00 bits per heavy atom. The van der Waals surface area contributed by atoms with Gasteiger partial charge < -0.3 is 4.90 Å². The van der Waals surface area contributed by atoms with Gasteiger partial charge in [0, 0.05) is 18.9 Å². The summed E-state index contributed by atoms with van der Waals surface area (Å²) >= 11 is 0. The minimum Gasteiger partial charge on any atom is -0.301 e. The molecule has 0 aliphatic carbocycles. The Hall–Kier alpha value is -0.830. The maximum absolute atomic E-state index is 4.37. The van der Waals surface area contributed by atoms with Gasteiger partial charge in [-0.2, -0.15) is 5.10 Å². The number of nitrogens with zero attached hydrogens (tertiary/aromatic N) is 3. The molecule has 3 nitrogen and oxygen atoms in total. The highest BCUT2D eigenvalue weighted by Gasteiger charge is 2.20. The van der Waals surface area contributed by atoms with Gasteiger partial charge in [-0.05, 0) is 50.8 Å². The van der Waals surface area contributed by atoms with Crippen molar-refractivity contribution in [3.63, 3.8) is 0 Å². The first-order chi connectivity index (χ1) is 8.25. The first kappa shape index (κ1) is 12.6. The first-order valence-electron chi connectivity index (χ1n) is 6.97. The lowest BCUT2D eigenvalue weighted by molar-refractivity contribution is 0.166. The molecule has 0 N–H and O–H groups in total. The average Bonchev–Trinajstić information content (AvgIpc) is 2.82. The molecule has 0 aromatic carbocycles. The summed E-state index contributed by atoms with van der Waals surface area (Å²) in [4.78, 5) is 2.61. The predicted molar refractivity (Wildman–Crippen MR) is 71.0 cm³/mol. The van der Waals surface area contributed by atoms with Crippen LogP contribution in [-0.2, 0) is 0 Å². The van der Waals surface area contributed by atoms with Gasteiger partial charge in [0.1, 0.15) is 0 Å². The maximum Gasteiger partial charge on any atom is 0.0646 e. The van der Waals surface area contributed by atoms with Crippen LogP contribution in [0.2, 0.25) is 0 Å². The van der Waals surface area contributed by atoms with Gasteiger partial charge in [-0.25, -0.2) is 0 Å². The zero-order chi connectivity index (χ0) is 12.1. The number of likely N-dealkylation sites (tertiary alicyclic amines) is 1. The number of piperidine rings is 1. The van der Waals surface area contributed by atoms with E-state index >= 15 is 0 Å². The summed E-state index contributed by atoms with van der Waals surface area (Å²) < 4.78 is 2.13. The van der Waals surface area contributed by atoms with Crippen LogP contribution < -0.4 is 0 Å². The lowest BCUT2D eigenvalue weighted by Crippen LogP contribution is -2.37. The molecule has 2 rings (SSSR count). The van der Waals surface area contributed by atoms with Gasteiger partial charge in [-0.15, -0.1) is 0 Å². The summed E-state index contributed by atoms with van der Waals surface area (Å²) in [6.07, 6.45) is 9.26. The molecule has 1 unspecified atom stereocenters. The molecule has 1 aliphatic heterocycles. The van der Waals surface area contributed by atoms with E-state index in [1.54, 1.807) is 0 Å². The highest BCUT2D eigenvalue weighted by Crippen LogP contribution is 2.21. The van der Waals surface area contributed by atoms with Gasteiger partial charge in [0.2, 0.25) is 0 Å². The lowest BCUT2D eigenvalue weighted by Gasteiger charge is -2.32. The number of aromatic nitrogens is 2. The summed E-state index contributed by atoms with van der Waals surface area (Å²) in [5.41, 5.74) is 0. The topological polar surface area (TPSA) is 21.1 Å². The second kappa shape index (κ2) is 6.20. The number of rotatable bonds is 5. The Kier molecular flexibility index (Phi) is 4.60. The van der Waals surface area contributed by atoms with Crippen LogP contribution in [0.4, 0.5) is 0 Å². The van der Waals surface area contributed by atoms with E-state index in [2.05, 4.69) is 34.7 Å². The molecule has 0 bridgehead atoms.